The van der Waals surface area contributed by atoms with Crippen molar-refractivity contribution in [3.05, 3.63) is 90.7 Å². The van der Waals surface area contributed by atoms with Crippen LogP contribution < -0.4 is 10.6 Å². The van der Waals surface area contributed by atoms with Crippen molar-refractivity contribution < 1.29 is 4.79 Å². The second kappa shape index (κ2) is 11.0. The van der Waals surface area contributed by atoms with Gasteiger partial charge in [0.1, 0.15) is 0 Å². The maximum Gasteiger partial charge on any atom is 0.251 e. The molecule has 0 fully saturated rings. The Hall–Kier alpha value is -3.40. The predicted octanol–water partition coefficient (Wildman–Crippen LogP) is 6.38. The van der Waals surface area contributed by atoms with Crippen LogP contribution in [0, 0.1) is 5.41 Å². The summed E-state index contributed by atoms with van der Waals surface area (Å²) < 4.78 is 0. The van der Waals surface area contributed by atoms with Crippen molar-refractivity contribution in [3.63, 3.8) is 0 Å². The molecule has 0 spiro atoms. The molecule has 0 aromatic heterocycles. The molecule has 2 aromatic carbocycles. The fourth-order valence-corrected chi connectivity index (χ4v) is 2.51. The van der Waals surface area contributed by atoms with Gasteiger partial charge in [0.05, 0.1) is 0 Å². The van der Waals surface area contributed by atoms with Gasteiger partial charge in [0.2, 0.25) is 0 Å². The summed E-state index contributed by atoms with van der Waals surface area (Å²) in [6.45, 7) is 12.5. The minimum absolute atomic E-state index is 0.0500. The van der Waals surface area contributed by atoms with Crippen LogP contribution in [0.15, 0.2) is 84.5 Å². The van der Waals surface area contributed by atoms with Crippen LogP contribution in [0.4, 0.5) is 11.4 Å². The van der Waals surface area contributed by atoms with Gasteiger partial charge >= 0.3 is 0 Å². The van der Waals surface area contributed by atoms with Crippen molar-refractivity contribution >= 4 is 29.1 Å². The van der Waals surface area contributed by atoms with Crippen LogP contribution in [0.5, 0.6) is 0 Å². The van der Waals surface area contributed by atoms with Gasteiger partial charge in [0.15, 0.2) is 0 Å². The molecule has 0 aliphatic carbocycles. The van der Waals surface area contributed by atoms with Crippen LogP contribution in [-0.4, -0.2) is 18.2 Å². The zero-order valence-electron chi connectivity index (χ0n) is 18.3. The lowest BCUT2D eigenvalue weighted by Crippen LogP contribution is -2.32. The Bertz CT molecular complexity index is 945. The number of benzene rings is 2. The van der Waals surface area contributed by atoms with Crippen LogP contribution in [0.3, 0.4) is 0 Å². The quantitative estimate of drug-likeness (QED) is 0.398. The number of rotatable bonds is 8. The first-order valence-electron chi connectivity index (χ1n) is 10.0. The summed E-state index contributed by atoms with van der Waals surface area (Å²) in [6.07, 6.45) is 9.19. The van der Waals surface area contributed by atoms with Crippen molar-refractivity contribution in [2.45, 2.75) is 27.7 Å². The molecule has 0 heterocycles. The second-order valence-corrected chi connectivity index (χ2v) is 8.25. The number of hydrogen-bond donors (Lipinski definition) is 2. The van der Waals surface area contributed by atoms with Gasteiger partial charge in [0, 0.05) is 35.4 Å². The summed E-state index contributed by atoms with van der Waals surface area (Å²) in [5.41, 5.74) is 4.52. The molecule has 1 amide bonds. The van der Waals surface area contributed by atoms with Gasteiger partial charge in [-0.05, 0) is 60.4 Å². The number of nitrogens with zero attached hydrogens (tertiary/aromatic N) is 1. The second-order valence-electron chi connectivity index (χ2n) is 8.25. The summed E-state index contributed by atoms with van der Waals surface area (Å²) in [5.74, 6) is -0.0611. The van der Waals surface area contributed by atoms with Gasteiger partial charge < -0.3 is 10.6 Å². The van der Waals surface area contributed by atoms with Gasteiger partial charge in [0.25, 0.3) is 5.91 Å². The average molecular weight is 402 g/mol. The highest BCUT2D eigenvalue weighted by Gasteiger charge is 2.13. The van der Waals surface area contributed by atoms with Gasteiger partial charge in [-0.25, -0.2) is 0 Å². The summed E-state index contributed by atoms with van der Waals surface area (Å²) in [6, 6.07) is 15.6. The van der Waals surface area contributed by atoms with E-state index in [1.165, 1.54) is 0 Å². The third-order valence-electron chi connectivity index (χ3n) is 4.12. The number of aliphatic imine (C=N–C) groups is 1. The van der Waals surface area contributed by atoms with E-state index in [1.807, 2.05) is 67.6 Å². The molecule has 0 radical (unpaired) electrons. The molecule has 0 unspecified atom stereocenters. The third-order valence-corrected chi connectivity index (χ3v) is 4.12. The number of amides is 1. The molecular formula is C26H31N3O. The molecule has 2 rings (SSSR count). The molecule has 0 aliphatic rings. The van der Waals surface area contributed by atoms with Crippen molar-refractivity contribution in [3.8, 4) is 0 Å². The Labute approximate surface area is 180 Å². The highest BCUT2D eigenvalue weighted by atomic mass is 16.1. The fourth-order valence-electron chi connectivity index (χ4n) is 2.51. The van der Waals surface area contributed by atoms with Gasteiger partial charge in [-0.15, -0.1) is 0 Å². The first-order valence-corrected chi connectivity index (χ1v) is 10.0. The summed E-state index contributed by atoms with van der Waals surface area (Å²) >= 11 is 0. The lowest BCUT2D eigenvalue weighted by Gasteiger charge is -2.18. The van der Waals surface area contributed by atoms with Crippen molar-refractivity contribution in [2.75, 3.05) is 11.9 Å². The van der Waals surface area contributed by atoms with E-state index < -0.39 is 0 Å². The largest absolute Gasteiger partial charge is 0.356 e. The monoisotopic (exact) mass is 401 g/mol. The van der Waals surface area contributed by atoms with Crippen LogP contribution >= 0.6 is 0 Å². The predicted molar refractivity (Wildman–Crippen MR) is 129 cm³/mol. The Balaban J connectivity index is 2.00. The van der Waals surface area contributed by atoms with Crippen molar-refractivity contribution in [2.24, 2.45) is 10.4 Å². The van der Waals surface area contributed by atoms with E-state index in [4.69, 9.17) is 0 Å². The zero-order valence-corrected chi connectivity index (χ0v) is 18.3. The van der Waals surface area contributed by atoms with E-state index in [9.17, 15) is 4.79 Å². The van der Waals surface area contributed by atoms with Crippen molar-refractivity contribution in [1.82, 2.24) is 5.32 Å². The molecule has 0 bridgehead atoms. The SMILES string of the molecule is C=C\C=C/N=C(C)\C=C\c1ccc(Nc2cccc(C(=O)NCC(C)(C)C)c2)cc1. The molecule has 0 aliphatic heterocycles. The fraction of sp³-hybridized carbons (Fsp3) is 0.231. The van der Waals surface area contributed by atoms with E-state index in [2.05, 4.69) is 43.0 Å². The minimum atomic E-state index is -0.0611. The molecule has 0 saturated carbocycles. The van der Waals surface area contributed by atoms with E-state index in [0.29, 0.717) is 12.1 Å². The lowest BCUT2D eigenvalue weighted by molar-refractivity contribution is 0.0939. The van der Waals surface area contributed by atoms with Crippen LogP contribution in [0.2, 0.25) is 0 Å². The number of allylic oxidation sites excluding steroid dienone is 3. The molecule has 2 N–H and O–H groups in total. The molecule has 0 saturated heterocycles. The molecule has 4 nitrogen and oxygen atoms in total. The van der Waals surface area contributed by atoms with E-state index >= 15 is 0 Å². The smallest absolute Gasteiger partial charge is 0.251 e. The third kappa shape index (κ3) is 8.31. The number of anilines is 2. The maximum absolute atomic E-state index is 12.4. The minimum Gasteiger partial charge on any atom is -0.356 e. The first-order chi connectivity index (χ1) is 14.3. The van der Waals surface area contributed by atoms with Gasteiger partial charge in [-0.2, -0.15) is 0 Å². The van der Waals surface area contributed by atoms with Crippen LogP contribution in [0.1, 0.15) is 43.6 Å². The van der Waals surface area contributed by atoms with E-state index in [1.54, 1.807) is 18.4 Å². The Morgan fingerprint density at radius 2 is 1.83 bits per heavy atom. The van der Waals surface area contributed by atoms with Crippen LogP contribution in [-0.2, 0) is 0 Å². The Morgan fingerprint density at radius 3 is 2.50 bits per heavy atom. The number of carbonyl (C=O) groups is 1. The van der Waals surface area contributed by atoms with Crippen LogP contribution in [0.25, 0.3) is 6.08 Å². The number of hydrogen-bond acceptors (Lipinski definition) is 3. The van der Waals surface area contributed by atoms with Gasteiger partial charge in [-0.3, -0.25) is 9.79 Å². The molecule has 30 heavy (non-hydrogen) atoms. The topological polar surface area (TPSA) is 53.5 Å². The molecule has 156 valence electrons. The van der Waals surface area contributed by atoms with Crippen molar-refractivity contribution in [1.29, 1.82) is 0 Å². The summed E-state index contributed by atoms with van der Waals surface area (Å²) in [4.78, 5) is 16.7. The maximum atomic E-state index is 12.4. The van der Waals surface area contributed by atoms with E-state index in [0.717, 1.165) is 22.6 Å². The molecular weight excluding hydrogens is 370 g/mol. The number of carbonyl (C=O) groups excluding carboxylic acids is 1. The molecule has 2 aromatic rings. The molecule has 0 atom stereocenters. The summed E-state index contributed by atoms with van der Waals surface area (Å²) in [5, 5.41) is 6.34. The average Bonchev–Trinajstić information content (AvgIpc) is 2.71. The normalized spacial score (nSPS) is 12.3. The van der Waals surface area contributed by atoms with E-state index in [-0.39, 0.29) is 11.3 Å². The molecule has 4 heteroatoms. The highest BCUT2D eigenvalue weighted by molar-refractivity contribution is 5.97. The summed E-state index contributed by atoms with van der Waals surface area (Å²) in [7, 11) is 0. The lowest BCUT2D eigenvalue weighted by atomic mass is 9.97. The number of nitrogens with one attached hydrogen (secondary N) is 2. The zero-order chi connectivity index (χ0) is 22.0. The Kier molecular flexibility index (Phi) is 8.36. The Morgan fingerprint density at radius 1 is 1.10 bits per heavy atom. The highest BCUT2D eigenvalue weighted by Crippen LogP contribution is 2.19. The van der Waals surface area contributed by atoms with Gasteiger partial charge in [-0.1, -0.05) is 57.7 Å². The standard InChI is InChI=1S/C26H31N3O/c1-6-7-17-27-20(2)11-12-21-13-15-23(16-14-21)29-24-10-8-9-22(18-24)25(30)28-19-26(3,4)5/h6-18,29H,1,19H2,2-5H3,(H,28,30)/b12-11+,17-7-,27-20-. The first kappa shape index (κ1) is 22.9.